The molecule has 0 spiro atoms. The molecule has 0 bridgehead atoms. The molecule has 0 radical (unpaired) electrons. The van der Waals surface area contributed by atoms with E-state index < -0.39 is 0 Å². The highest BCUT2D eigenvalue weighted by Crippen LogP contribution is 2.05. The highest BCUT2D eigenvalue weighted by Gasteiger charge is 1.90. The summed E-state index contributed by atoms with van der Waals surface area (Å²) in [5, 5.41) is 0. The number of nitrogens with zero attached hydrogens (tertiary/aromatic N) is 1. The SMILES string of the molecule is CC/C=C/C=C\c1cccnc1C. The second-order valence-electron chi connectivity index (χ2n) is 2.87. The average Bonchev–Trinajstić information content (AvgIpc) is 2.15. The van der Waals surface area contributed by atoms with Crippen LogP contribution in [0.1, 0.15) is 24.6 Å². The minimum absolute atomic E-state index is 1.07. The molecule has 13 heavy (non-hydrogen) atoms. The van der Waals surface area contributed by atoms with Crippen molar-refractivity contribution >= 4 is 6.08 Å². The summed E-state index contributed by atoms with van der Waals surface area (Å²) in [6.07, 6.45) is 11.2. The molecule has 0 unspecified atom stereocenters. The lowest BCUT2D eigenvalue weighted by atomic mass is 10.2. The van der Waals surface area contributed by atoms with Gasteiger partial charge in [-0.25, -0.2) is 0 Å². The summed E-state index contributed by atoms with van der Waals surface area (Å²) < 4.78 is 0. The fourth-order valence-electron chi connectivity index (χ4n) is 1.05. The summed E-state index contributed by atoms with van der Waals surface area (Å²) >= 11 is 0. The van der Waals surface area contributed by atoms with E-state index in [1.54, 1.807) is 0 Å². The Morgan fingerprint density at radius 3 is 2.92 bits per heavy atom. The first-order valence-corrected chi connectivity index (χ1v) is 4.59. The molecule has 1 nitrogen and oxygen atoms in total. The van der Waals surface area contributed by atoms with Gasteiger partial charge in [0, 0.05) is 11.9 Å². The van der Waals surface area contributed by atoms with E-state index in [4.69, 9.17) is 0 Å². The molecule has 0 aliphatic rings. The molecule has 0 saturated heterocycles. The Morgan fingerprint density at radius 1 is 1.38 bits per heavy atom. The van der Waals surface area contributed by atoms with Crippen LogP contribution in [-0.4, -0.2) is 4.98 Å². The lowest BCUT2D eigenvalue weighted by Crippen LogP contribution is -1.82. The highest BCUT2D eigenvalue weighted by atomic mass is 14.7. The van der Waals surface area contributed by atoms with E-state index in [1.807, 2.05) is 25.3 Å². The predicted octanol–water partition coefficient (Wildman–Crippen LogP) is 3.37. The first-order chi connectivity index (χ1) is 6.34. The molecule has 0 aromatic carbocycles. The van der Waals surface area contributed by atoms with Crippen LogP contribution in [0.4, 0.5) is 0 Å². The van der Waals surface area contributed by atoms with Gasteiger partial charge < -0.3 is 0 Å². The zero-order valence-electron chi connectivity index (χ0n) is 8.20. The Morgan fingerprint density at radius 2 is 2.23 bits per heavy atom. The van der Waals surface area contributed by atoms with Gasteiger partial charge in [-0.1, -0.05) is 37.3 Å². The molecule has 0 fully saturated rings. The number of allylic oxidation sites excluding steroid dienone is 3. The van der Waals surface area contributed by atoms with E-state index in [9.17, 15) is 0 Å². The normalized spacial score (nSPS) is 11.5. The molecule has 1 aromatic rings. The van der Waals surface area contributed by atoms with Crippen molar-refractivity contribution in [3.8, 4) is 0 Å². The standard InChI is InChI=1S/C12H15N/c1-3-4-5-6-8-12-9-7-10-13-11(12)2/h4-10H,3H2,1-2H3/b5-4+,8-6-. The Labute approximate surface area is 79.8 Å². The van der Waals surface area contributed by atoms with Gasteiger partial charge in [0.15, 0.2) is 0 Å². The quantitative estimate of drug-likeness (QED) is 0.638. The second-order valence-corrected chi connectivity index (χ2v) is 2.87. The summed E-state index contributed by atoms with van der Waals surface area (Å²) in [7, 11) is 0. The van der Waals surface area contributed by atoms with Gasteiger partial charge in [0.2, 0.25) is 0 Å². The third-order valence-electron chi connectivity index (χ3n) is 1.81. The number of hydrogen-bond donors (Lipinski definition) is 0. The van der Waals surface area contributed by atoms with Crippen molar-refractivity contribution < 1.29 is 0 Å². The van der Waals surface area contributed by atoms with Gasteiger partial charge in [0.05, 0.1) is 0 Å². The number of aromatic nitrogens is 1. The largest absolute Gasteiger partial charge is 0.261 e. The summed E-state index contributed by atoms with van der Waals surface area (Å²) in [6, 6.07) is 4.02. The van der Waals surface area contributed by atoms with Gasteiger partial charge in [-0.05, 0) is 25.0 Å². The maximum absolute atomic E-state index is 4.20. The first kappa shape index (κ1) is 9.72. The summed E-state index contributed by atoms with van der Waals surface area (Å²) in [6.45, 7) is 4.14. The molecule has 0 saturated carbocycles. The summed E-state index contributed by atoms with van der Waals surface area (Å²) in [5.41, 5.74) is 2.26. The van der Waals surface area contributed by atoms with Crippen molar-refractivity contribution in [2.45, 2.75) is 20.3 Å². The molecule has 0 atom stereocenters. The Bertz CT molecular complexity index is 311. The van der Waals surface area contributed by atoms with Gasteiger partial charge in [-0.2, -0.15) is 0 Å². The van der Waals surface area contributed by atoms with Crippen LogP contribution in [0.2, 0.25) is 0 Å². The molecule has 1 aromatic heterocycles. The van der Waals surface area contributed by atoms with E-state index in [0.29, 0.717) is 0 Å². The van der Waals surface area contributed by atoms with E-state index in [2.05, 4.69) is 36.2 Å². The van der Waals surface area contributed by atoms with Crippen molar-refractivity contribution in [3.63, 3.8) is 0 Å². The Balaban J connectivity index is 2.68. The summed E-state index contributed by atoms with van der Waals surface area (Å²) in [5.74, 6) is 0. The van der Waals surface area contributed by atoms with Gasteiger partial charge in [-0.15, -0.1) is 0 Å². The third kappa shape index (κ3) is 3.24. The zero-order chi connectivity index (χ0) is 9.52. The van der Waals surface area contributed by atoms with Gasteiger partial charge in [0.25, 0.3) is 0 Å². The van der Waals surface area contributed by atoms with Crippen molar-refractivity contribution in [2.75, 3.05) is 0 Å². The van der Waals surface area contributed by atoms with Gasteiger partial charge >= 0.3 is 0 Å². The highest BCUT2D eigenvalue weighted by molar-refractivity contribution is 5.52. The van der Waals surface area contributed by atoms with E-state index in [1.165, 1.54) is 5.56 Å². The van der Waals surface area contributed by atoms with Crippen LogP contribution < -0.4 is 0 Å². The lowest BCUT2D eigenvalue weighted by Gasteiger charge is -1.95. The Hall–Kier alpha value is -1.37. The van der Waals surface area contributed by atoms with Crippen molar-refractivity contribution in [1.29, 1.82) is 0 Å². The van der Waals surface area contributed by atoms with Crippen molar-refractivity contribution in [2.24, 2.45) is 0 Å². The van der Waals surface area contributed by atoms with Crippen LogP contribution in [0.5, 0.6) is 0 Å². The molecular formula is C12H15N. The monoisotopic (exact) mass is 173 g/mol. The van der Waals surface area contributed by atoms with E-state index in [0.717, 1.165) is 12.1 Å². The molecule has 0 amide bonds. The van der Waals surface area contributed by atoms with Crippen molar-refractivity contribution in [1.82, 2.24) is 4.98 Å². The van der Waals surface area contributed by atoms with Gasteiger partial charge in [-0.3, -0.25) is 4.98 Å². The van der Waals surface area contributed by atoms with Crippen LogP contribution in [0.3, 0.4) is 0 Å². The number of pyridine rings is 1. The lowest BCUT2D eigenvalue weighted by molar-refractivity contribution is 1.19. The average molecular weight is 173 g/mol. The molecule has 0 aliphatic carbocycles. The Kier molecular flexibility index (Phi) is 3.97. The molecule has 1 heterocycles. The molecule has 1 heteroatoms. The fourth-order valence-corrected chi connectivity index (χ4v) is 1.05. The first-order valence-electron chi connectivity index (χ1n) is 4.59. The van der Waals surface area contributed by atoms with Crippen LogP contribution in [-0.2, 0) is 0 Å². The minimum atomic E-state index is 1.07. The molecular weight excluding hydrogens is 158 g/mol. The van der Waals surface area contributed by atoms with Crippen molar-refractivity contribution in [3.05, 3.63) is 47.8 Å². The predicted molar refractivity (Wildman–Crippen MR) is 57.4 cm³/mol. The number of aryl methyl sites for hydroxylation is 1. The molecule has 0 N–H and O–H groups in total. The van der Waals surface area contributed by atoms with E-state index >= 15 is 0 Å². The maximum Gasteiger partial charge on any atom is 0.0444 e. The van der Waals surface area contributed by atoms with Crippen LogP contribution in [0.25, 0.3) is 6.08 Å². The smallest absolute Gasteiger partial charge is 0.0444 e. The number of rotatable bonds is 3. The zero-order valence-corrected chi connectivity index (χ0v) is 8.20. The van der Waals surface area contributed by atoms with Crippen LogP contribution >= 0.6 is 0 Å². The van der Waals surface area contributed by atoms with Crippen LogP contribution in [0, 0.1) is 6.92 Å². The maximum atomic E-state index is 4.20. The molecule has 1 rings (SSSR count). The summed E-state index contributed by atoms with van der Waals surface area (Å²) in [4.78, 5) is 4.20. The van der Waals surface area contributed by atoms with Gasteiger partial charge in [0.1, 0.15) is 0 Å². The number of hydrogen-bond acceptors (Lipinski definition) is 1. The second kappa shape index (κ2) is 5.31. The molecule has 0 aliphatic heterocycles. The fraction of sp³-hybridized carbons (Fsp3) is 0.250. The minimum Gasteiger partial charge on any atom is -0.261 e. The third-order valence-corrected chi connectivity index (χ3v) is 1.81. The molecule has 68 valence electrons. The topological polar surface area (TPSA) is 12.9 Å². The van der Waals surface area contributed by atoms with E-state index in [-0.39, 0.29) is 0 Å². The van der Waals surface area contributed by atoms with Crippen LogP contribution in [0.15, 0.2) is 36.6 Å².